The second kappa shape index (κ2) is 7.70. The van der Waals surface area contributed by atoms with Crippen LogP contribution in [0.15, 0.2) is 42.5 Å². The van der Waals surface area contributed by atoms with Crippen molar-refractivity contribution in [3.63, 3.8) is 0 Å². The fourth-order valence-corrected chi connectivity index (χ4v) is 2.38. The van der Waals surface area contributed by atoms with Crippen LogP contribution in [0.25, 0.3) is 0 Å². The van der Waals surface area contributed by atoms with E-state index >= 15 is 0 Å². The Labute approximate surface area is 145 Å². The second-order valence-electron chi connectivity index (χ2n) is 5.44. The van der Waals surface area contributed by atoms with Crippen LogP contribution in [-0.2, 0) is 4.74 Å². The number of hydrogen-bond acceptors (Lipinski definition) is 6. The van der Waals surface area contributed by atoms with E-state index in [0.29, 0.717) is 41.6 Å². The highest BCUT2D eigenvalue weighted by atomic mass is 16.5. The highest BCUT2D eigenvalue weighted by molar-refractivity contribution is 5.99. The van der Waals surface area contributed by atoms with Gasteiger partial charge in [-0.2, -0.15) is 0 Å². The molecule has 0 unspecified atom stereocenters. The predicted octanol–water partition coefficient (Wildman–Crippen LogP) is 2.90. The number of ketones is 1. The third kappa shape index (κ3) is 4.09. The van der Waals surface area contributed by atoms with Gasteiger partial charge in [0.1, 0.15) is 5.75 Å². The molecule has 0 spiro atoms. The molecule has 0 bridgehead atoms. The van der Waals surface area contributed by atoms with E-state index in [-0.39, 0.29) is 12.4 Å². The lowest BCUT2D eigenvalue weighted by Gasteiger charge is -2.09. The van der Waals surface area contributed by atoms with Crippen molar-refractivity contribution in [2.75, 3.05) is 26.9 Å². The van der Waals surface area contributed by atoms with Gasteiger partial charge in [-0.05, 0) is 30.3 Å². The van der Waals surface area contributed by atoms with Gasteiger partial charge in [-0.25, -0.2) is 4.79 Å². The summed E-state index contributed by atoms with van der Waals surface area (Å²) in [6.07, 6.45) is 0.781. The normalized spacial score (nSPS) is 12.8. The monoisotopic (exact) mass is 342 g/mol. The van der Waals surface area contributed by atoms with Crippen molar-refractivity contribution in [2.24, 2.45) is 0 Å². The maximum Gasteiger partial charge on any atom is 0.338 e. The molecule has 25 heavy (non-hydrogen) atoms. The summed E-state index contributed by atoms with van der Waals surface area (Å²) in [5, 5.41) is 0. The number of Topliss-reactive ketones (excluding diaryl/α,β-unsaturated/α-hetero) is 1. The van der Waals surface area contributed by atoms with Crippen LogP contribution in [0, 0.1) is 0 Å². The molecule has 0 saturated heterocycles. The Kier molecular flexibility index (Phi) is 5.18. The lowest BCUT2D eigenvalue weighted by molar-refractivity contribution is 0.0474. The number of carbonyl (C=O) groups is 2. The van der Waals surface area contributed by atoms with Crippen molar-refractivity contribution >= 4 is 11.8 Å². The molecule has 0 N–H and O–H groups in total. The number of esters is 1. The molecule has 2 aromatic rings. The molecular weight excluding hydrogens is 324 g/mol. The third-order valence-electron chi connectivity index (χ3n) is 3.71. The SMILES string of the molecule is COc1cccc(C(=O)COC(=O)c2ccc3c(c2)OCCCO3)c1. The largest absolute Gasteiger partial charge is 0.497 e. The van der Waals surface area contributed by atoms with Crippen molar-refractivity contribution in [3.8, 4) is 17.2 Å². The molecule has 130 valence electrons. The van der Waals surface area contributed by atoms with Gasteiger partial charge in [0.15, 0.2) is 23.9 Å². The summed E-state index contributed by atoms with van der Waals surface area (Å²) in [4.78, 5) is 24.3. The molecule has 0 atom stereocenters. The molecule has 1 aliphatic heterocycles. The standard InChI is InChI=1S/C19H18O6/c1-22-15-5-2-4-13(10-15)16(20)12-25-19(21)14-6-7-17-18(11-14)24-9-3-8-23-17/h2,4-7,10-11H,3,8-9,12H2,1H3. The number of rotatable bonds is 5. The minimum absolute atomic E-state index is 0.304. The van der Waals surface area contributed by atoms with Gasteiger partial charge in [0.25, 0.3) is 0 Å². The number of benzene rings is 2. The Hall–Kier alpha value is -3.02. The first-order valence-electron chi connectivity index (χ1n) is 7.91. The summed E-state index contributed by atoms with van der Waals surface area (Å²) in [5.74, 6) is 0.779. The molecule has 0 saturated carbocycles. The highest BCUT2D eigenvalue weighted by Crippen LogP contribution is 2.30. The van der Waals surface area contributed by atoms with Gasteiger partial charge in [0, 0.05) is 12.0 Å². The summed E-state index contributed by atoms with van der Waals surface area (Å²) in [5.41, 5.74) is 0.730. The Bertz CT molecular complexity index is 783. The molecule has 0 fully saturated rings. The second-order valence-corrected chi connectivity index (χ2v) is 5.44. The number of carbonyl (C=O) groups excluding carboxylic acids is 2. The van der Waals surface area contributed by atoms with Crippen molar-refractivity contribution in [1.82, 2.24) is 0 Å². The molecule has 1 heterocycles. The fraction of sp³-hybridized carbons (Fsp3) is 0.263. The van der Waals surface area contributed by atoms with Crippen LogP contribution in [0.1, 0.15) is 27.1 Å². The van der Waals surface area contributed by atoms with E-state index < -0.39 is 5.97 Å². The topological polar surface area (TPSA) is 71.1 Å². The van der Waals surface area contributed by atoms with Crippen LogP contribution in [0.5, 0.6) is 17.2 Å². The molecule has 0 aliphatic carbocycles. The summed E-state index contributed by atoms with van der Waals surface area (Å²) in [6.45, 7) is 0.756. The molecule has 2 aromatic carbocycles. The van der Waals surface area contributed by atoms with Gasteiger partial charge in [0.05, 0.1) is 25.9 Å². The quantitative estimate of drug-likeness (QED) is 0.615. The zero-order valence-electron chi connectivity index (χ0n) is 13.8. The molecule has 3 rings (SSSR count). The zero-order chi connectivity index (χ0) is 17.6. The van der Waals surface area contributed by atoms with E-state index in [2.05, 4.69) is 0 Å². The molecule has 0 radical (unpaired) electrons. The van der Waals surface area contributed by atoms with Gasteiger partial charge in [0.2, 0.25) is 0 Å². The highest BCUT2D eigenvalue weighted by Gasteiger charge is 2.16. The summed E-state index contributed by atoms with van der Waals surface area (Å²) >= 11 is 0. The van der Waals surface area contributed by atoms with Crippen molar-refractivity contribution in [3.05, 3.63) is 53.6 Å². The molecule has 6 heteroatoms. The number of fused-ring (bicyclic) bond motifs is 1. The van der Waals surface area contributed by atoms with Crippen LogP contribution in [0.4, 0.5) is 0 Å². The summed E-state index contributed by atoms with van der Waals surface area (Å²) < 4.78 is 21.3. The lowest BCUT2D eigenvalue weighted by Crippen LogP contribution is -2.14. The Morgan fingerprint density at radius 3 is 2.60 bits per heavy atom. The molecule has 0 amide bonds. The van der Waals surface area contributed by atoms with E-state index in [0.717, 1.165) is 6.42 Å². The van der Waals surface area contributed by atoms with Gasteiger partial charge < -0.3 is 18.9 Å². The number of methoxy groups -OCH3 is 1. The van der Waals surface area contributed by atoms with Crippen LogP contribution in [0.3, 0.4) is 0 Å². The van der Waals surface area contributed by atoms with Crippen LogP contribution in [-0.4, -0.2) is 38.7 Å². The minimum Gasteiger partial charge on any atom is -0.497 e. The fourth-order valence-electron chi connectivity index (χ4n) is 2.38. The first kappa shape index (κ1) is 16.8. The van der Waals surface area contributed by atoms with Gasteiger partial charge >= 0.3 is 5.97 Å². The van der Waals surface area contributed by atoms with Gasteiger partial charge in [-0.1, -0.05) is 12.1 Å². The van der Waals surface area contributed by atoms with Crippen molar-refractivity contribution in [2.45, 2.75) is 6.42 Å². The van der Waals surface area contributed by atoms with E-state index in [1.165, 1.54) is 7.11 Å². The van der Waals surface area contributed by atoms with E-state index in [4.69, 9.17) is 18.9 Å². The average Bonchev–Trinajstić information content (AvgIpc) is 2.90. The number of ether oxygens (including phenoxy) is 4. The van der Waals surface area contributed by atoms with E-state index in [1.807, 2.05) is 0 Å². The summed E-state index contributed by atoms with van der Waals surface area (Å²) in [7, 11) is 1.52. The maximum atomic E-state index is 12.2. The Morgan fingerprint density at radius 1 is 1.00 bits per heavy atom. The first-order valence-corrected chi connectivity index (χ1v) is 7.91. The van der Waals surface area contributed by atoms with E-state index in [9.17, 15) is 9.59 Å². The zero-order valence-corrected chi connectivity index (χ0v) is 13.8. The first-order chi connectivity index (χ1) is 12.2. The Balaban J connectivity index is 1.64. The molecule has 6 nitrogen and oxygen atoms in total. The van der Waals surface area contributed by atoms with Crippen molar-refractivity contribution < 1.29 is 28.5 Å². The lowest BCUT2D eigenvalue weighted by atomic mass is 10.1. The number of hydrogen-bond donors (Lipinski definition) is 0. The maximum absolute atomic E-state index is 12.2. The van der Waals surface area contributed by atoms with Crippen LogP contribution >= 0.6 is 0 Å². The van der Waals surface area contributed by atoms with Gasteiger partial charge in [-0.15, -0.1) is 0 Å². The molecular formula is C19H18O6. The molecule has 0 aromatic heterocycles. The van der Waals surface area contributed by atoms with Crippen LogP contribution in [0.2, 0.25) is 0 Å². The van der Waals surface area contributed by atoms with Gasteiger partial charge in [-0.3, -0.25) is 4.79 Å². The smallest absolute Gasteiger partial charge is 0.338 e. The minimum atomic E-state index is -0.591. The Morgan fingerprint density at radius 2 is 1.80 bits per heavy atom. The van der Waals surface area contributed by atoms with E-state index in [1.54, 1.807) is 42.5 Å². The average molecular weight is 342 g/mol. The third-order valence-corrected chi connectivity index (χ3v) is 3.71. The summed E-state index contributed by atoms with van der Waals surface area (Å²) in [6, 6.07) is 11.5. The predicted molar refractivity (Wildman–Crippen MR) is 89.7 cm³/mol. The van der Waals surface area contributed by atoms with Crippen LogP contribution < -0.4 is 14.2 Å². The molecule has 1 aliphatic rings. The van der Waals surface area contributed by atoms with Crippen molar-refractivity contribution in [1.29, 1.82) is 0 Å².